The summed E-state index contributed by atoms with van der Waals surface area (Å²) in [4.78, 5) is 2.40. The summed E-state index contributed by atoms with van der Waals surface area (Å²) in [5.74, 6) is 0.702. The molecule has 3 aromatic rings. The zero-order valence-corrected chi connectivity index (χ0v) is 13.1. The summed E-state index contributed by atoms with van der Waals surface area (Å²) in [5, 5.41) is 1.97. The van der Waals surface area contributed by atoms with Crippen molar-refractivity contribution in [3.8, 4) is 0 Å². The Labute approximate surface area is 131 Å². The largest absolute Gasteiger partial charge is 0.457 e. The molecule has 0 aliphatic carbocycles. The Morgan fingerprint density at radius 1 is 1.25 bits per heavy atom. The highest BCUT2D eigenvalue weighted by Crippen LogP contribution is 2.35. The maximum Gasteiger partial charge on any atom is 0.153 e. The van der Waals surface area contributed by atoms with Gasteiger partial charge in [0.05, 0.1) is 11.1 Å². The molecule has 0 fully saturated rings. The minimum absolute atomic E-state index is 0.275. The van der Waals surface area contributed by atoms with Gasteiger partial charge in [-0.25, -0.2) is 0 Å². The van der Waals surface area contributed by atoms with Crippen LogP contribution in [0.5, 0.6) is 0 Å². The predicted molar refractivity (Wildman–Crippen MR) is 86.0 cm³/mol. The molecule has 0 aliphatic rings. The Balaban J connectivity index is 2.03. The van der Waals surface area contributed by atoms with Gasteiger partial charge in [0.25, 0.3) is 0 Å². The van der Waals surface area contributed by atoms with Crippen LogP contribution in [0, 0.1) is 0 Å². The molecule has 20 heavy (non-hydrogen) atoms. The van der Waals surface area contributed by atoms with Crippen LogP contribution in [0.2, 0.25) is 10.0 Å². The molecular weight excluding hydrogens is 313 g/mol. The molecule has 2 heterocycles. The topological polar surface area (TPSA) is 39.2 Å². The molecule has 104 valence electrons. The highest BCUT2D eigenvalue weighted by atomic mass is 35.5. The average molecular weight is 326 g/mol. The van der Waals surface area contributed by atoms with Crippen molar-refractivity contribution in [3.63, 3.8) is 0 Å². The Kier molecular flexibility index (Phi) is 3.78. The Bertz CT molecular complexity index is 762. The summed E-state index contributed by atoms with van der Waals surface area (Å²) in [6.07, 6.45) is 1.01. The summed E-state index contributed by atoms with van der Waals surface area (Å²) in [6.45, 7) is 2.13. The van der Waals surface area contributed by atoms with Crippen LogP contribution >= 0.6 is 34.5 Å². The molecule has 5 heteroatoms. The van der Waals surface area contributed by atoms with E-state index >= 15 is 0 Å². The van der Waals surface area contributed by atoms with Crippen molar-refractivity contribution in [3.05, 3.63) is 55.9 Å². The van der Waals surface area contributed by atoms with Crippen LogP contribution in [0.4, 0.5) is 0 Å². The molecule has 0 saturated carbocycles. The van der Waals surface area contributed by atoms with Gasteiger partial charge in [-0.05, 0) is 36.8 Å². The molecule has 0 amide bonds. The van der Waals surface area contributed by atoms with Crippen LogP contribution in [0.15, 0.2) is 34.7 Å². The number of aryl methyl sites for hydroxylation is 1. The second-order valence-electron chi connectivity index (χ2n) is 4.59. The first-order valence-corrected chi connectivity index (χ1v) is 7.88. The molecule has 2 aromatic heterocycles. The molecule has 0 bridgehead atoms. The smallest absolute Gasteiger partial charge is 0.153 e. The fourth-order valence-electron chi connectivity index (χ4n) is 2.14. The molecular formula is C15H13Cl2NOS. The fraction of sp³-hybridized carbons (Fsp3) is 0.200. The molecule has 1 aromatic carbocycles. The van der Waals surface area contributed by atoms with E-state index in [4.69, 9.17) is 33.4 Å². The monoisotopic (exact) mass is 325 g/mol. The second kappa shape index (κ2) is 5.41. The van der Waals surface area contributed by atoms with Crippen molar-refractivity contribution < 1.29 is 4.42 Å². The van der Waals surface area contributed by atoms with Gasteiger partial charge in [-0.3, -0.25) is 0 Å². The van der Waals surface area contributed by atoms with E-state index in [1.54, 1.807) is 17.4 Å². The maximum atomic E-state index is 6.28. The number of nitrogens with two attached hydrogens (primary N) is 1. The third-order valence-electron chi connectivity index (χ3n) is 3.20. The summed E-state index contributed by atoms with van der Waals surface area (Å²) < 4.78 is 5.80. The van der Waals surface area contributed by atoms with E-state index in [2.05, 4.69) is 19.1 Å². The van der Waals surface area contributed by atoms with Gasteiger partial charge in [-0.2, -0.15) is 0 Å². The quantitative estimate of drug-likeness (QED) is 0.699. The van der Waals surface area contributed by atoms with Crippen LogP contribution in [0.3, 0.4) is 0 Å². The van der Waals surface area contributed by atoms with Crippen LogP contribution in [0.25, 0.3) is 11.0 Å². The standard InChI is InChI=1S/C15H13Cl2NOS/c1-2-10-3-4-13(20-10)14(18)12-6-8-5-9(16)7-11(17)15(8)19-12/h3-7,14H,2,18H2,1H3. The third-order valence-corrected chi connectivity index (χ3v) is 5.01. The molecule has 1 atom stereocenters. The zero-order valence-electron chi connectivity index (χ0n) is 10.8. The number of thiophene rings is 1. The number of rotatable bonds is 3. The fourth-order valence-corrected chi connectivity index (χ4v) is 3.65. The first kappa shape index (κ1) is 14.0. The van der Waals surface area contributed by atoms with E-state index in [1.165, 1.54) is 4.88 Å². The van der Waals surface area contributed by atoms with E-state index in [9.17, 15) is 0 Å². The molecule has 0 radical (unpaired) electrons. The van der Waals surface area contributed by atoms with Crippen molar-refractivity contribution >= 4 is 45.5 Å². The van der Waals surface area contributed by atoms with Crippen molar-refractivity contribution in [2.75, 3.05) is 0 Å². The average Bonchev–Trinajstić information content (AvgIpc) is 3.03. The number of hydrogen-bond acceptors (Lipinski definition) is 3. The van der Waals surface area contributed by atoms with Gasteiger partial charge in [-0.15, -0.1) is 11.3 Å². The van der Waals surface area contributed by atoms with Gasteiger partial charge in [0, 0.05) is 20.2 Å². The van der Waals surface area contributed by atoms with Gasteiger partial charge in [0.1, 0.15) is 5.76 Å². The van der Waals surface area contributed by atoms with Gasteiger partial charge in [0.2, 0.25) is 0 Å². The van der Waals surface area contributed by atoms with Crippen molar-refractivity contribution in [1.29, 1.82) is 0 Å². The lowest BCUT2D eigenvalue weighted by molar-refractivity contribution is 0.528. The molecule has 1 unspecified atom stereocenters. The maximum absolute atomic E-state index is 6.28. The summed E-state index contributed by atoms with van der Waals surface area (Å²) in [7, 11) is 0. The summed E-state index contributed by atoms with van der Waals surface area (Å²) in [6, 6.07) is 9.28. The van der Waals surface area contributed by atoms with E-state index < -0.39 is 0 Å². The number of benzene rings is 1. The molecule has 2 N–H and O–H groups in total. The van der Waals surface area contributed by atoms with Crippen LogP contribution in [0.1, 0.15) is 28.5 Å². The molecule has 0 aliphatic heterocycles. The SMILES string of the molecule is CCc1ccc(C(N)c2cc3cc(Cl)cc(Cl)c3o2)s1. The second-order valence-corrected chi connectivity index (χ2v) is 6.63. The highest BCUT2D eigenvalue weighted by Gasteiger charge is 2.17. The van der Waals surface area contributed by atoms with E-state index in [1.807, 2.05) is 12.1 Å². The lowest BCUT2D eigenvalue weighted by Gasteiger charge is -2.05. The van der Waals surface area contributed by atoms with Crippen molar-refractivity contribution in [1.82, 2.24) is 0 Å². The van der Waals surface area contributed by atoms with Gasteiger partial charge in [0.15, 0.2) is 5.58 Å². The van der Waals surface area contributed by atoms with Crippen LogP contribution < -0.4 is 5.73 Å². The first-order valence-electron chi connectivity index (χ1n) is 6.31. The lowest BCUT2D eigenvalue weighted by atomic mass is 10.2. The molecule has 3 rings (SSSR count). The van der Waals surface area contributed by atoms with Crippen LogP contribution in [-0.2, 0) is 6.42 Å². The molecule has 2 nitrogen and oxygen atoms in total. The number of hydrogen-bond donors (Lipinski definition) is 1. The molecule has 0 saturated heterocycles. The van der Waals surface area contributed by atoms with Gasteiger partial charge < -0.3 is 10.2 Å². The van der Waals surface area contributed by atoms with E-state index in [-0.39, 0.29) is 6.04 Å². The lowest BCUT2D eigenvalue weighted by Crippen LogP contribution is -2.08. The normalized spacial score (nSPS) is 13.0. The highest BCUT2D eigenvalue weighted by molar-refractivity contribution is 7.12. The molecule has 0 spiro atoms. The Morgan fingerprint density at radius 3 is 2.75 bits per heavy atom. The van der Waals surface area contributed by atoms with Gasteiger partial charge in [-0.1, -0.05) is 30.1 Å². The Morgan fingerprint density at radius 2 is 2.05 bits per heavy atom. The zero-order chi connectivity index (χ0) is 14.3. The van der Waals surface area contributed by atoms with Gasteiger partial charge >= 0.3 is 0 Å². The number of fused-ring (bicyclic) bond motifs is 1. The summed E-state index contributed by atoms with van der Waals surface area (Å²) in [5.41, 5.74) is 6.91. The Hall–Kier alpha value is -1.000. The number of halogens is 2. The van der Waals surface area contributed by atoms with Crippen molar-refractivity contribution in [2.24, 2.45) is 5.73 Å². The predicted octanol–water partition coefficient (Wildman–Crippen LogP) is 5.41. The van der Waals surface area contributed by atoms with Crippen LogP contribution in [-0.4, -0.2) is 0 Å². The van der Waals surface area contributed by atoms with Crippen molar-refractivity contribution in [2.45, 2.75) is 19.4 Å². The van der Waals surface area contributed by atoms with E-state index in [0.29, 0.717) is 21.4 Å². The number of furan rings is 1. The first-order chi connectivity index (χ1) is 9.58. The summed E-state index contributed by atoms with van der Waals surface area (Å²) >= 11 is 13.8. The minimum atomic E-state index is -0.275. The minimum Gasteiger partial charge on any atom is -0.457 e. The van der Waals surface area contributed by atoms with E-state index in [0.717, 1.165) is 16.7 Å². The third kappa shape index (κ3) is 2.47.